The minimum Gasteiger partial charge on any atom is -0.493 e. The average Bonchev–Trinajstić information content (AvgIpc) is 2.79. The van der Waals surface area contributed by atoms with Crippen LogP contribution in [0.1, 0.15) is 12.8 Å². The lowest BCUT2D eigenvalue weighted by Gasteiger charge is -2.19. The van der Waals surface area contributed by atoms with Crippen molar-refractivity contribution >= 4 is 39.9 Å². The maximum Gasteiger partial charge on any atom is 0.224 e. The number of carbonyl (C=O) groups is 1. The molecule has 0 saturated carbocycles. The molecule has 1 heterocycles. The molecular weight excluding hydrogens is 467 g/mol. The number of aliphatic hydroxyl groups is 2. The fourth-order valence-corrected chi connectivity index (χ4v) is 3.36. The van der Waals surface area contributed by atoms with Crippen LogP contribution >= 0.6 is 11.6 Å². The summed E-state index contributed by atoms with van der Waals surface area (Å²) in [6.45, 7) is -0.140. The fourth-order valence-electron chi connectivity index (χ4n) is 3.18. The molecule has 2 unspecified atom stereocenters. The van der Waals surface area contributed by atoms with E-state index in [1.54, 1.807) is 26.2 Å². The minimum atomic E-state index is -1.02. The minimum absolute atomic E-state index is 0.0301. The van der Waals surface area contributed by atoms with Gasteiger partial charge in [0.2, 0.25) is 5.91 Å². The van der Waals surface area contributed by atoms with E-state index in [1.807, 2.05) is 0 Å². The number of amides is 1. The van der Waals surface area contributed by atoms with Crippen molar-refractivity contribution in [3.63, 3.8) is 0 Å². The van der Waals surface area contributed by atoms with Crippen molar-refractivity contribution in [2.24, 2.45) is 0 Å². The highest BCUT2D eigenvalue weighted by molar-refractivity contribution is 6.31. The van der Waals surface area contributed by atoms with Gasteiger partial charge < -0.3 is 29.9 Å². The Morgan fingerprint density at radius 1 is 1.18 bits per heavy atom. The van der Waals surface area contributed by atoms with Gasteiger partial charge in [-0.3, -0.25) is 4.79 Å². The molecule has 0 saturated heterocycles. The normalized spacial score (nSPS) is 12.8. The van der Waals surface area contributed by atoms with Crippen molar-refractivity contribution in [3.8, 4) is 11.5 Å². The number of aliphatic hydroxyl groups excluding tert-OH is 2. The van der Waals surface area contributed by atoms with Gasteiger partial charge in [-0.1, -0.05) is 11.6 Å². The predicted molar refractivity (Wildman–Crippen MR) is 126 cm³/mol. The number of nitrogens with one attached hydrogen (secondary N) is 1. The second-order valence-corrected chi connectivity index (χ2v) is 8.25. The highest BCUT2D eigenvalue weighted by Gasteiger charge is 2.19. The van der Waals surface area contributed by atoms with Gasteiger partial charge in [0.15, 0.2) is 11.5 Å². The van der Waals surface area contributed by atoms with Crippen molar-refractivity contribution in [1.82, 2.24) is 14.9 Å². The summed E-state index contributed by atoms with van der Waals surface area (Å²) in [7, 11) is 4.66. The number of carbonyl (C=O) groups excluding carboxylic acids is 1. The first kappa shape index (κ1) is 25.4. The number of aromatic nitrogens is 2. The Kier molecular flexibility index (Phi) is 8.43. The molecule has 34 heavy (non-hydrogen) atoms. The molecule has 0 fully saturated rings. The molecule has 0 aliphatic rings. The van der Waals surface area contributed by atoms with Gasteiger partial charge in [-0.25, -0.2) is 14.4 Å². The second kappa shape index (κ2) is 11.3. The Hall–Kier alpha value is -3.21. The lowest BCUT2D eigenvalue weighted by Crippen LogP contribution is -2.30. The lowest BCUT2D eigenvalue weighted by atomic mass is 10.1. The zero-order valence-corrected chi connectivity index (χ0v) is 19.7. The van der Waals surface area contributed by atoms with Crippen LogP contribution in [0.4, 0.5) is 15.9 Å². The number of fused-ring (bicyclic) bond motifs is 1. The fraction of sp³-hybridized carbons (Fsp3) is 0.348. The van der Waals surface area contributed by atoms with Crippen molar-refractivity contribution < 1.29 is 28.9 Å². The molecule has 3 aromatic rings. The predicted octanol–water partition coefficient (Wildman–Crippen LogP) is 3.14. The molecule has 3 N–H and O–H groups in total. The molecular formula is C23H26ClFN4O5. The molecule has 0 aliphatic carbocycles. The van der Waals surface area contributed by atoms with Crippen LogP contribution in [0.2, 0.25) is 5.02 Å². The van der Waals surface area contributed by atoms with E-state index in [-0.39, 0.29) is 30.4 Å². The van der Waals surface area contributed by atoms with Gasteiger partial charge in [0, 0.05) is 37.7 Å². The smallest absolute Gasteiger partial charge is 0.224 e. The monoisotopic (exact) mass is 492 g/mol. The third kappa shape index (κ3) is 6.43. The molecule has 0 radical (unpaired) electrons. The van der Waals surface area contributed by atoms with E-state index in [0.29, 0.717) is 33.9 Å². The maximum absolute atomic E-state index is 13.5. The summed E-state index contributed by atoms with van der Waals surface area (Å²) in [5.74, 6) is 0.369. The second-order valence-electron chi connectivity index (χ2n) is 7.84. The Morgan fingerprint density at radius 3 is 2.62 bits per heavy atom. The van der Waals surface area contributed by atoms with Crippen LogP contribution in [-0.4, -0.2) is 71.0 Å². The summed E-state index contributed by atoms with van der Waals surface area (Å²) in [4.78, 5) is 21.6. The van der Waals surface area contributed by atoms with Gasteiger partial charge in [-0.2, -0.15) is 0 Å². The first-order valence-corrected chi connectivity index (χ1v) is 10.8. The molecule has 9 nitrogen and oxygen atoms in total. The largest absolute Gasteiger partial charge is 0.493 e. The van der Waals surface area contributed by atoms with E-state index in [9.17, 15) is 19.4 Å². The van der Waals surface area contributed by atoms with Gasteiger partial charge in [0.05, 0.1) is 36.3 Å². The van der Waals surface area contributed by atoms with Crippen LogP contribution in [0.5, 0.6) is 11.5 Å². The van der Waals surface area contributed by atoms with Crippen LogP contribution in [0, 0.1) is 5.82 Å². The number of benzene rings is 2. The standard InChI is InChI=1S/C23H26ClFN4O5/c1-29(2)22(32)8-14(30)7-15(31)11-34-21-9-16-19(10-20(21)33-3)26-12-27-23(16)28-13-4-5-18(25)17(24)6-13/h4-6,9-10,12,14-15,30-31H,7-8,11H2,1-3H3,(H,26,27,28). The number of hydrogen-bond donors (Lipinski definition) is 3. The van der Waals surface area contributed by atoms with Crippen LogP contribution in [0.3, 0.4) is 0 Å². The molecule has 2 atom stereocenters. The van der Waals surface area contributed by atoms with Crippen LogP contribution in [-0.2, 0) is 4.79 Å². The zero-order valence-electron chi connectivity index (χ0n) is 19.0. The van der Waals surface area contributed by atoms with Crippen LogP contribution in [0.25, 0.3) is 10.9 Å². The highest BCUT2D eigenvalue weighted by atomic mass is 35.5. The zero-order chi connectivity index (χ0) is 24.8. The van der Waals surface area contributed by atoms with E-state index in [1.165, 1.54) is 36.5 Å². The molecule has 182 valence electrons. The Balaban J connectivity index is 1.77. The van der Waals surface area contributed by atoms with E-state index < -0.39 is 18.0 Å². The Labute approximate surface area is 201 Å². The number of methoxy groups -OCH3 is 1. The van der Waals surface area contributed by atoms with Gasteiger partial charge in [-0.15, -0.1) is 0 Å². The summed E-state index contributed by atoms with van der Waals surface area (Å²) >= 11 is 5.87. The first-order chi connectivity index (χ1) is 16.2. The van der Waals surface area contributed by atoms with Gasteiger partial charge in [0.1, 0.15) is 24.6 Å². The van der Waals surface area contributed by atoms with E-state index >= 15 is 0 Å². The quantitative estimate of drug-likeness (QED) is 0.395. The SMILES string of the molecule is COc1cc2ncnc(Nc3ccc(F)c(Cl)c3)c2cc1OCC(O)CC(O)CC(=O)N(C)C. The molecule has 0 spiro atoms. The number of anilines is 2. The number of rotatable bonds is 10. The summed E-state index contributed by atoms with van der Waals surface area (Å²) in [5, 5.41) is 24.0. The highest BCUT2D eigenvalue weighted by Crippen LogP contribution is 2.35. The average molecular weight is 493 g/mol. The molecule has 0 aliphatic heterocycles. The summed E-state index contributed by atoms with van der Waals surface area (Å²) in [5.41, 5.74) is 1.09. The molecule has 1 amide bonds. The van der Waals surface area contributed by atoms with E-state index in [0.717, 1.165) is 0 Å². The van der Waals surface area contributed by atoms with Crippen molar-refractivity contribution in [2.75, 3.05) is 33.1 Å². The molecule has 2 aromatic carbocycles. The summed E-state index contributed by atoms with van der Waals surface area (Å²) in [6, 6.07) is 7.52. The third-order valence-electron chi connectivity index (χ3n) is 4.99. The first-order valence-electron chi connectivity index (χ1n) is 10.4. The van der Waals surface area contributed by atoms with Crippen molar-refractivity contribution in [2.45, 2.75) is 25.0 Å². The number of ether oxygens (including phenoxy) is 2. The lowest BCUT2D eigenvalue weighted by molar-refractivity contribution is -0.131. The van der Waals surface area contributed by atoms with E-state index in [2.05, 4.69) is 15.3 Å². The van der Waals surface area contributed by atoms with Crippen molar-refractivity contribution in [3.05, 3.63) is 47.5 Å². The van der Waals surface area contributed by atoms with Crippen LogP contribution in [0.15, 0.2) is 36.7 Å². The van der Waals surface area contributed by atoms with Gasteiger partial charge in [-0.05, 0) is 24.3 Å². The summed E-state index contributed by atoms with van der Waals surface area (Å²) in [6.07, 6.45) is -0.773. The number of hydrogen-bond acceptors (Lipinski definition) is 8. The number of halogens is 2. The Bertz CT molecular complexity index is 1160. The van der Waals surface area contributed by atoms with Crippen molar-refractivity contribution in [1.29, 1.82) is 0 Å². The van der Waals surface area contributed by atoms with E-state index in [4.69, 9.17) is 21.1 Å². The molecule has 0 bridgehead atoms. The third-order valence-corrected chi connectivity index (χ3v) is 5.28. The molecule has 11 heteroatoms. The van der Waals surface area contributed by atoms with Crippen LogP contribution < -0.4 is 14.8 Å². The molecule has 1 aromatic heterocycles. The van der Waals surface area contributed by atoms with Gasteiger partial charge in [0.25, 0.3) is 0 Å². The number of nitrogens with zero attached hydrogens (tertiary/aromatic N) is 3. The van der Waals surface area contributed by atoms with Gasteiger partial charge >= 0.3 is 0 Å². The topological polar surface area (TPSA) is 117 Å². The maximum atomic E-state index is 13.5. The molecule has 3 rings (SSSR count). The summed E-state index contributed by atoms with van der Waals surface area (Å²) < 4.78 is 24.6. The Morgan fingerprint density at radius 2 is 1.94 bits per heavy atom.